The Morgan fingerprint density at radius 3 is 2.12 bits per heavy atom. The van der Waals surface area contributed by atoms with E-state index in [4.69, 9.17) is 17.0 Å². The van der Waals surface area contributed by atoms with Gasteiger partial charge < -0.3 is 0 Å². The van der Waals surface area contributed by atoms with Crippen LogP contribution in [0.1, 0.15) is 74.6 Å². The summed E-state index contributed by atoms with van der Waals surface area (Å²) in [5, 5.41) is 0. The van der Waals surface area contributed by atoms with E-state index in [-0.39, 0.29) is 7.25 Å². The third-order valence-corrected chi connectivity index (χ3v) is 78.1. The van der Waals surface area contributed by atoms with Gasteiger partial charge >= 0.3 is 266 Å². The van der Waals surface area contributed by atoms with Crippen molar-refractivity contribution in [3.63, 3.8) is 0 Å². The van der Waals surface area contributed by atoms with Gasteiger partial charge in [-0.25, -0.2) is 0 Å². The molecule has 0 aliphatic heterocycles. The number of rotatable bonds is 10. The molecule has 4 aromatic rings. The van der Waals surface area contributed by atoms with Gasteiger partial charge in [0.1, 0.15) is 0 Å². The number of halogens is 2. The fourth-order valence-electron chi connectivity index (χ4n) is 8.54. The summed E-state index contributed by atoms with van der Waals surface area (Å²) in [5.41, 5.74) is 10.6. The van der Waals surface area contributed by atoms with Crippen LogP contribution in [0.25, 0.3) is 23.3 Å². The van der Waals surface area contributed by atoms with Crippen molar-refractivity contribution in [1.29, 1.82) is 0 Å². The van der Waals surface area contributed by atoms with E-state index in [1.54, 1.807) is 0 Å². The van der Waals surface area contributed by atoms with Crippen LogP contribution in [0.2, 0.25) is 13.1 Å². The molecular formula is C39H44Cl2SiZr. The molecule has 0 spiro atoms. The van der Waals surface area contributed by atoms with Gasteiger partial charge in [0.05, 0.1) is 0 Å². The quantitative estimate of drug-likeness (QED) is 0.144. The van der Waals surface area contributed by atoms with Crippen LogP contribution in [0.5, 0.6) is 0 Å². The van der Waals surface area contributed by atoms with E-state index in [0.717, 1.165) is 19.3 Å². The molecule has 2 aliphatic carbocycles. The van der Waals surface area contributed by atoms with E-state index >= 15 is 0 Å². The molecule has 0 saturated carbocycles. The number of hydrogen-bond acceptors (Lipinski definition) is 0. The van der Waals surface area contributed by atoms with Crippen LogP contribution < -0.4 is 3.27 Å². The first kappa shape index (κ1) is 31.0. The van der Waals surface area contributed by atoms with E-state index in [9.17, 15) is 0 Å². The summed E-state index contributed by atoms with van der Waals surface area (Å²) in [6.45, 7) is 9.43. The summed E-state index contributed by atoms with van der Waals surface area (Å²) in [5.74, 6) is -1.83. The predicted molar refractivity (Wildman–Crippen MR) is 191 cm³/mol. The van der Waals surface area contributed by atoms with E-state index in [1.165, 1.54) is 60.6 Å². The molecule has 0 fully saturated rings. The fourth-order valence-corrected chi connectivity index (χ4v) is 51.9. The molecular weight excluding hydrogens is 659 g/mol. The number of allylic oxidation sites excluding steroid dienone is 2. The maximum atomic E-state index is 9.02. The van der Waals surface area contributed by atoms with Crippen LogP contribution in [-0.2, 0) is 20.5 Å². The normalized spacial score (nSPS) is 19.1. The Kier molecular flexibility index (Phi) is 8.26. The Balaban J connectivity index is 1.65. The summed E-state index contributed by atoms with van der Waals surface area (Å²) in [6.07, 6.45) is 12.8. The Hall–Kier alpha value is -1.96. The second-order valence-corrected chi connectivity index (χ2v) is 64.4. The van der Waals surface area contributed by atoms with E-state index in [2.05, 4.69) is 142 Å². The zero-order valence-electron chi connectivity index (χ0n) is 26.0. The topological polar surface area (TPSA) is 0 Å². The molecule has 2 unspecified atom stereocenters. The Labute approximate surface area is 264 Å². The number of benzene rings is 4. The monoisotopic (exact) mass is 700 g/mol. The van der Waals surface area contributed by atoms with Crippen molar-refractivity contribution in [2.45, 2.75) is 66.3 Å². The second kappa shape index (κ2) is 11.4. The van der Waals surface area contributed by atoms with Gasteiger partial charge in [0.25, 0.3) is 0 Å². The summed E-state index contributed by atoms with van der Waals surface area (Å²) >= 11 is -5.72. The molecule has 0 radical (unpaired) electrons. The van der Waals surface area contributed by atoms with Crippen molar-refractivity contribution in [2.75, 3.05) is 0 Å². The number of fused-ring (bicyclic) bond motifs is 2. The van der Waals surface area contributed by atoms with Gasteiger partial charge in [-0.15, -0.1) is 0 Å². The van der Waals surface area contributed by atoms with Gasteiger partial charge in [0.2, 0.25) is 0 Å². The molecule has 0 amide bonds. The number of hydrogen-bond donors (Lipinski definition) is 0. The molecule has 2 aliphatic rings. The molecule has 0 N–H and O–H groups in total. The molecule has 0 nitrogen and oxygen atoms in total. The van der Waals surface area contributed by atoms with Gasteiger partial charge in [0.15, 0.2) is 0 Å². The minimum absolute atomic E-state index is 0.00173. The first-order valence-corrected chi connectivity index (χ1v) is 33.8. The average molecular weight is 703 g/mol. The molecule has 0 bridgehead atoms. The summed E-state index contributed by atoms with van der Waals surface area (Å²) in [4.78, 5) is 0. The van der Waals surface area contributed by atoms with Gasteiger partial charge in [0, 0.05) is 0 Å². The van der Waals surface area contributed by atoms with Crippen molar-refractivity contribution >= 4 is 38.4 Å². The standard InChI is InChI=1S/C22H25.C9H7.C6H5.C2H7Si.2ClH.Zr/c1-3-5-8-17-11-13-19(14-12-17)21-10-6-9-20-15-18(7-4-2)16-22(20)21;1-2-5-9-7-3-6-8(9)4-1;1-2-4-6-5-3-1;1-3-2;;;/h6,9-16H,3-5,7-8H2,1-2H3;1-7H;1-5H;3H,1-2H3;2*1H;/q;;;;;;+2/p-2. The zero-order chi connectivity index (χ0) is 30.3. The molecule has 222 valence electrons. The predicted octanol–water partition coefficient (Wildman–Crippen LogP) is 11.5. The minimum atomic E-state index is -5.72. The first-order valence-electron chi connectivity index (χ1n) is 16.2. The van der Waals surface area contributed by atoms with Crippen LogP contribution in [0.4, 0.5) is 0 Å². The summed E-state index contributed by atoms with van der Waals surface area (Å²) < 4.78 is 1.20. The third kappa shape index (κ3) is 4.53. The van der Waals surface area contributed by atoms with E-state index < -0.39 is 20.0 Å². The molecule has 2 atom stereocenters. The molecule has 4 aromatic carbocycles. The molecule has 6 rings (SSSR count). The number of aryl methyl sites for hydroxylation is 1. The van der Waals surface area contributed by atoms with Gasteiger partial charge in [-0.2, -0.15) is 0 Å². The second-order valence-electron chi connectivity index (χ2n) is 13.3. The molecule has 43 heavy (non-hydrogen) atoms. The SMILES string of the molecule is CCCCc1ccc(-c2cccc3c2C=C(CCC)[CH]3[Zr]([Cl])([Cl])([c]2ccccc2)([CH]2C=Cc3ccccc32)[SiH](C)C)cc1. The molecule has 0 heterocycles. The average Bonchev–Trinajstić information content (AvgIpc) is 3.64. The van der Waals surface area contributed by atoms with Gasteiger partial charge in [-0.05, 0) is 0 Å². The van der Waals surface area contributed by atoms with Crippen LogP contribution in [0.3, 0.4) is 0 Å². The van der Waals surface area contributed by atoms with Crippen LogP contribution >= 0.6 is 17.0 Å². The zero-order valence-corrected chi connectivity index (χ0v) is 31.1. The van der Waals surface area contributed by atoms with Crippen LogP contribution in [0, 0.1) is 0 Å². The van der Waals surface area contributed by atoms with Crippen molar-refractivity contribution in [2.24, 2.45) is 0 Å². The summed E-state index contributed by atoms with van der Waals surface area (Å²) in [7, 11) is 18.0. The third-order valence-electron chi connectivity index (χ3n) is 10.9. The van der Waals surface area contributed by atoms with Gasteiger partial charge in [-0.3, -0.25) is 0 Å². The first-order chi connectivity index (χ1) is 20.7. The van der Waals surface area contributed by atoms with E-state index in [1.807, 2.05) is 0 Å². The van der Waals surface area contributed by atoms with Crippen molar-refractivity contribution in [1.82, 2.24) is 0 Å². The van der Waals surface area contributed by atoms with Crippen molar-refractivity contribution in [3.8, 4) is 11.1 Å². The van der Waals surface area contributed by atoms with Crippen molar-refractivity contribution < 1.29 is 14.1 Å². The maximum absolute atomic E-state index is 9.02. The molecule has 0 saturated heterocycles. The number of unbranched alkanes of at least 4 members (excludes halogenated alkanes) is 1. The van der Waals surface area contributed by atoms with Crippen LogP contribution in [-0.4, -0.2) is 5.92 Å². The fraction of sp³-hybridized carbons (Fsp3) is 0.282. The molecule has 0 aromatic heterocycles. The van der Waals surface area contributed by atoms with Crippen molar-refractivity contribution in [3.05, 3.63) is 137 Å². The Morgan fingerprint density at radius 1 is 0.721 bits per heavy atom. The summed E-state index contributed by atoms with van der Waals surface area (Å²) in [6, 6.07) is 35.9. The van der Waals surface area contributed by atoms with Crippen LogP contribution in [0.15, 0.2) is 109 Å². The molecule has 4 heteroatoms. The van der Waals surface area contributed by atoms with E-state index in [0.29, 0.717) is 0 Å². The van der Waals surface area contributed by atoms with Gasteiger partial charge in [-0.1, -0.05) is 0 Å². The Morgan fingerprint density at radius 2 is 1.42 bits per heavy atom. The Bertz CT molecular complexity index is 1720.